The zero-order chi connectivity index (χ0) is 19.4. The second-order valence-electron chi connectivity index (χ2n) is 6.21. The first-order valence-corrected chi connectivity index (χ1v) is 8.81. The summed E-state index contributed by atoms with van der Waals surface area (Å²) in [5.74, 6) is -1.40. The number of esters is 1. The Morgan fingerprint density at radius 2 is 2.04 bits per heavy atom. The van der Waals surface area contributed by atoms with E-state index in [0.717, 1.165) is 30.9 Å². The van der Waals surface area contributed by atoms with Gasteiger partial charge in [-0.25, -0.2) is 4.79 Å². The van der Waals surface area contributed by atoms with Crippen LogP contribution in [-0.2, 0) is 16.0 Å². The summed E-state index contributed by atoms with van der Waals surface area (Å²) in [7, 11) is 0. The average Bonchev–Trinajstić information content (AvgIpc) is 2.66. The molecule has 0 saturated heterocycles. The summed E-state index contributed by atoms with van der Waals surface area (Å²) in [5, 5.41) is 14.0. The van der Waals surface area contributed by atoms with Gasteiger partial charge in [-0.2, -0.15) is 0 Å². The highest BCUT2D eigenvalue weighted by molar-refractivity contribution is 6.31. The van der Waals surface area contributed by atoms with Gasteiger partial charge in [-0.15, -0.1) is 0 Å². The Hall–Kier alpha value is -2.93. The van der Waals surface area contributed by atoms with E-state index in [2.05, 4.69) is 5.32 Å². The van der Waals surface area contributed by atoms with E-state index in [9.17, 15) is 19.7 Å². The molecule has 1 atom stereocenters. The third kappa shape index (κ3) is 4.43. The monoisotopic (exact) mass is 388 g/mol. The van der Waals surface area contributed by atoms with Crippen LogP contribution in [-0.4, -0.2) is 23.4 Å². The van der Waals surface area contributed by atoms with Gasteiger partial charge in [0.1, 0.15) is 5.56 Å². The number of nitrogens with zero attached hydrogens (tertiary/aromatic N) is 1. The zero-order valence-corrected chi connectivity index (χ0v) is 15.1. The lowest BCUT2D eigenvalue weighted by Crippen LogP contribution is -2.34. The molecule has 0 saturated carbocycles. The number of aryl methyl sites for hydroxylation is 1. The lowest BCUT2D eigenvalue weighted by atomic mass is 9.88. The van der Waals surface area contributed by atoms with Gasteiger partial charge in [0.15, 0.2) is 6.61 Å². The summed E-state index contributed by atoms with van der Waals surface area (Å²) in [6.45, 7) is -0.517. The molecule has 0 spiro atoms. The van der Waals surface area contributed by atoms with E-state index in [4.69, 9.17) is 16.3 Å². The van der Waals surface area contributed by atoms with E-state index in [1.807, 2.05) is 24.3 Å². The molecule has 3 rings (SSSR count). The minimum absolute atomic E-state index is 0.131. The Morgan fingerprint density at radius 3 is 2.81 bits per heavy atom. The van der Waals surface area contributed by atoms with Crippen LogP contribution in [0.1, 0.15) is 40.4 Å². The fourth-order valence-corrected chi connectivity index (χ4v) is 3.34. The van der Waals surface area contributed by atoms with Crippen LogP contribution in [0.5, 0.6) is 0 Å². The summed E-state index contributed by atoms with van der Waals surface area (Å²) in [6.07, 6.45) is 2.73. The van der Waals surface area contributed by atoms with E-state index < -0.39 is 29.1 Å². The third-order valence-corrected chi connectivity index (χ3v) is 4.65. The molecule has 0 bridgehead atoms. The standard InChI is InChI=1S/C19H17ClN2O5/c20-13-8-9-15(17(10-13)22(25)26)19(24)27-11-18(23)21-16-7-3-5-12-4-1-2-6-14(12)16/h1-2,4,6,8-10,16H,3,5,7,11H2,(H,21,23)/t16-/m0/s1. The molecule has 8 heteroatoms. The predicted molar refractivity (Wildman–Crippen MR) is 98.7 cm³/mol. The van der Waals surface area contributed by atoms with Crippen LogP contribution >= 0.6 is 11.6 Å². The molecule has 1 aliphatic rings. The summed E-state index contributed by atoms with van der Waals surface area (Å²) >= 11 is 5.72. The first-order valence-electron chi connectivity index (χ1n) is 8.44. The fourth-order valence-electron chi connectivity index (χ4n) is 3.18. The van der Waals surface area contributed by atoms with E-state index in [-0.39, 0.29) is 16.6 Å². The highest BCUT2D eigenvalue weighted by atomic mass is 35.5. The molecule has 2 aromatic carbocycles. The Morgan fingerprint density at radius 1 is 1.26 bits per heavy atom. The van der Waals surface area contributed by atoms with Crippen molar-refractivity contribution in [1.29, 1.82) is 0 Å². The van der Waals surface area contributed by atoms with Crippen LogP contribution in [0.2, 0.25) is 5.02 Å². The second-order valence-corrected chi connectivity index (χ2v) is 6.64. The number of fused-ring (bicyclic) bond motifs is 1. The molecule has 0 radical (unpaired) electrons. The van der Waals surface area contributed by atoms with Crippen molar-refractivity contribution in [3.8, 4) is 0 Å². The Labute approximate surface area is 160 Å². The van der Waals surface area contributed by atoms with Gasteiger partial charge in [-0.1, -0.05) is 35.9 Å². The second kappa shape index (κ2) is 8.18. The Balaban J connectivity index is 1.62. The molecular formula is C19H17ClN2O5. The number of nitro benzene ring substituents is 1. The lowest BCUT2D eigenvalue weighted by Gasteiger charge is -2.26. The van der Waals surface area contributed by atoms with Gasteiger partial charge in [0, 0.05) is 11.1 Å². The number of halogens is 1. The van der Waals surface area contributed by atoms with Gasteiger partial charge in [-0.3, -0.25) is 14.9 Å². The minimum Gasteiger partial charge on any atom is -0.452 e. The average molecular weight is 389 g/mol. The van der Waals surface area contributed by atoms with Crippen molar-refractivity contribution in [2.75, 3.05) is 6.61 Å². The molecule has 0 fully saturated rings. The number of hydrogen-bond acceptors (Lipinski definition) is 5. The SMILES string of the molecule is O=C(COC(=O)c1ccc(Cl)cc1[N+](=O)[O-])N[C@H]1CCCc2ccccc21. The molecule has 7 nitrogen and oxygen atoms in total. The lowest BCUT2D eigenvalue weighted by molar-refractivity contribution is -0.385. The number of amides is 1. The van der Waals surface area contributed by atoms with Crippen molar-refractivity contribution >= 4 is 29.2 Å². The van der Waals surface area contributed by atoms with Gasteiger partial charge in [0.05, 0.1) is 11.0 Å². The van der Waals surface area contributed by atoms with Crippen LogP contribution < -0.4 is 5.32 Å². The summed E-state index contributed by atoms with van der Waals surface area (Å²) in [4.78, 5) is 34.6. The minimum atomic E-state index is -0.947. The van der Waals surface area contributed by atoms with Crippen molar-refractivity contribution in [3.05, 3.63) is 74.3 Å². The van der Waals surface area contributed by atoms with Crippen LogP contribution in [0.4, 0.5) is 5.69 Å². The number of ether oxygens (including phenoxy) is 1. The number of hydrogen-bond donors (Lipinski definition) is 1. The number of rotatable bonds is 5. The van der Waals surface area contributed by atoms with E-state index in [1.165, 1.54) is 17.7 Å². The van der Waals surface area contributed by atoms with Crippen LogP contribution in [0.3, 0.4) is 0 Å². The largest absolute Gasteiger partial charge is 0.452 e. The molecular weight excluding hydrogens is 372 g/mol. The fraction of sp³-hybridized carbons (Fsp3) is 0.263. The summed E-state index contributed by atoms with van der Waals surface area (Å²) < 4.78 is 4.95. The topological polar surface area (TPSA) is 98.5 Å². The van der Waals surface area contributed by atoms with Crippen molar-refractivity contribution in [1.82, 2.24) is 5.32 Å². The maximum absolute atomic E-state index is 12.2. The molecule has 0 aromatic heterocycles. The van der Waals surface area contributed by atoms with E-state index in [1.54, 1.807) is 0 Å². The smallest absolute Gasteiger partial charge is 0.345 e. The highest BCUT2D eigenvalue weighted by Gasteiger charge is 2.24. The first-order chi connectivity index (χ1) is 13.0. The maximum atomic E-state index is 12.2. The van der Waals surface area contributed by atoms with E-state index >= 15 is 0 Å². The number of carbonyl (C=O) groups is 2. The van der Waals surface area contributed by atoms with Gasteiger partial charge >= 0.3 is 5.97 Å². The highest BCUT2D eigenvalue weighted by Crippen LogP contribution is 2.29. The normalized spacial score (nSPS) is 15.5. The number of nitro groups is 1. The molecule has 0 aliphatic heterocycles. The predicted octanol–water partition coefficient (Wildman–Crippen LogP) is 3.60. The van der Waals surface area contributed by atoms with Gasteiger partial charge in [0.2, 0.25) is 0 Å². The van der Waals surface area contributed by atoms with Crippen molar-refractivity contribution in [2.24, 2.45) is 0 Å². The zero-order valence-electron chi connectivity index (χ0n) is 14.3. The number of carbonyl (C=O) groups excluding carboxylic acids is 2. The summed E-state index contributed by atoms with van der Waals surface area (Å²) in [6, 6.07) is 11.4. The molecule has 1 amide bonds. The van der Waals surface area contributed by atoms with Gasteiger partial charge in [-0.05, 0) is 42.5 Å². The Bertz CT molecular complexity index is 899. The third-order valence-electron chi connectivity index (χ3n) is 4.42. The molecule has 0 heterocycles. The van der Waals surface area contributed by atoms with Crippen LogP contribution in [0.15, 0.2) is 42.5 Å². The molecule has 27 heavy (non-hydrogen) atoms. The molecule has 140 valence electrons. The van der Waals surface area contributed by atoms with E-state index in [0.29, 0.717) is 0 Å². The summed E-state index contributed by atoms with van der Waals surface area (Å²) in [5.41, 5.74) is 1.55. The van der Waals surface area contributed by atoms with Gasteiger partial charge < -0.3 is 10.1 Å². The molecule has 0 unspecified atom stereocenters. The van der Waals surface area contributed by atoms with Crippen molar-refractivity contribution in [3.63, 3.8) is 0 Å². The number of nitrogens with one attached hydrogen (secondary N) is 1. The first kappa shape index (κ1) is 18.8. The van der Waals surface area contributed by atoms with Crippen LogP contribution in [0.25, 0.3) is 0 Å². The molecule has 2 aromatic rings. The van der Waals surface area contributed by atoms with Crippen molar-refractivity contribution in [2.45, 2.75) is 25.3 Å². The van der Waals surface area contributed by atoms with Crippen LogP contribution in [0, 0.1) is 10.1 Å². The molecule has 1 aliphatic carbocycles. The maximum Gasteiger partial charge on any atom is 0.345 e. The number of benzene rings is 2. The van der Waals surface area contributed by atoms with Gasteiger partial charge in [0.25, 0.3) is 11.6 Å². The Kier molecular flexibility index (Phi) is 5.71. The molecule has 1 N–H and O–H groups in total. The van der Waals surface area contributed by atoms with Crippen molar-refractivity contribution < 1.29 is 19.2 Å². The quantitative estimate of drug-likeness (QED) is 0.479.